The van der Waals surface area contributed by atoms with Crippen molar-refractivity contribution < 1.29 is 18.7 Å². The molecule has 0 aliphatic carbocycles. The molecule has 0 fully saturated rings. The van der Waals surface area contributed by atoms with E-state index in [9.17, 15) is 4.79 Å². The van der Waals surface area contributed by atoms with Crippen LogP contribution in [-0.4, -0.2) is 24.5 Å². The fourth-order valence-corrected chi connectivity index (χ4v) is 2.87. The summed E-state index contributed by atoms with van der Waals surface area (Å²) in [6.45, 7) is 2.86. The first-order valence-corrected chi connectivity index (χ1v) is 9.11. The molecule has 3 rings (SSSR count). The van der Waals surface area contributed by atoms with Crippen LogP contribution >= 0.6 is 15.9 Å². The lowest BCUT2D eigenvalue weighted by Crippen LogP contribution is -2.06. The van der Waals surface area contributed by atoms with E-state index in [0.29, 0.717) is 13.2 Å². The molecule has 0 unspecified atom stereocenters. The van der Waals surface area contributed by atoms with Crippen molar-refractivity contribution in [2.24, 2.45) is 0 Å². The third kappa shape index (κ3) is 3.73. The van der Waals surface area contributed by atoms with Crippen molar-refractivity contribution in [1.29, 1.82) is 0 Å². The van der Waals surface area contributed by atoms with Crippen LogP contribution in [0.3, 0.4) is 0 Å². The Morgan fingerprint density at radius 3 is 2.88 bits per heavy atom. The van der Waals surface area contributed by atoms with Gasteiger partial charge in [-0.05, 0) is 48.4 Å². The molecule has 0 aliphatic heterocycles. The van der Waals surface area contributed by atoms with Gasteiger partial charge >= 0.3 is 5.97 Å². The molecule has 0 radical (unpaired) electrons. The summed E-state index contributed by atoms with van der Waals surface area (Å²) in [5.74, 6) is 0.602. The van der Waals surface area contributed by atoms with Gasteiger partial charge in [0.2, 0.25) is 0 Å². The monoisotopic (exact) mass is 390 g/mol. The number of benzene rings is 2. The number of rotatable bonds is 7. The molecule has 2 aromatic carbocycles. The topological polar surface area (TPSA) is 48.7 Å². The van der Waals surface area contributed by atoms with Gasteiger partial charge in [0.25, 0.3) is 0 Å². The number of hydrogen-bond donors (Lipinski definition) is 0. The number of alkyl halides is 1. The molecule has 0 aliphatic rings. The second-order valence-corrected chi connectivity index (χ2v) is 6.28. The zero-order valence-electron chi connectivity index (χ0n) is 13.5. The van der Waals surface area contributed by atoms with Crippen LogP contribution < -0.4 is 4.74 Å². The van der Waals surface area contributed by atoms with Crippen LogP contribution in [0.5, 0.6) is 5.75 Å². The summed E-state index contributed by atoms with van der Waals surface area (Å²) in [6, 6.07) is 10.0. The smallest absolute Gasteiger partial charge is 0.310 e. The quantitative estimate of drug-likeness (QED) is 0.328. The normalized spacial score (nSPS) is 11.1. The first-order valence-electron chi connectivity index (χ1n) is 7.99. The van der Waals surface area contributed by atoms with E-state index in [1.807, 2.05) is 30.3 Å². The Bertz CT molecular complexity index is 853. The molecule has 3 aromatic rings. The van der Waals surface area contributed by atoms with E-state index in [-0.39, 0.29) is 12.4 Å². The molecule has 0 bridgehead atoms. The predicted molar refractivity (Wildman–Crippen MR) is 98.0 cm³/mol. The first kappa shape index (κ1) is 16.8. The van der Waals surface area contributed by atoms with E-state index in [1.165, 1.54) is 0 Å². The van der Waals surface area contributed by atoms with Gasteiger partial charge in [0.15, 0.2) is 0 Å². The van der Waals surface area contributed by atoms with Crippen LogP contribution in [-0.2, 0) is 16.0 Å². The number of hydrogen-bond acceptors (Lipinski definition) is 4. The van der Waals surface area contributed by atoms with Crippen molar-refractivity contribution >= 4 is 43.6 Å². The zero-order chi connectivity index (χ0) is 16.9. The van der Waals surface area contributed by atoms with Gasteiger partial charge in [-0.2, -0.15) is 0 Å². The molecule has 4 nitrogen and oxygen atoms in total. The minimum atomic E-state index is -0.243. The molecule has 0 amide bonds. The van der Waals surface area contributed by atoms with Crippen molar-refractivity contribution in [3.63, 3.8) is 0 Å². The highest BCUT2D eigenvalue weighted by molar-refractivity contribution is 9.09. The van der Waals surface area contributed by atoms with Gasteiger partial charge in [0.1, 0.15) is 11.3 Å². The van der Waals surface area contributed by atoms with Gasteiger partial charge in [-0.3, -0.25) is 4.79 Å². The minimum Gasteiger partial charge on any atom is -0.494 e. The van der Waals surface area contributed by atoms with E-state index < -0.39 is 0 Å². The number of ether oxygens (including phenoxy) is 2. The molecular weight excluding hydrogens is 372 g/mol. The predicted octanol–water partition coefficient (Wildman–Crippen LogP) is 4.86. The Labute approximate surface area is 148 Å². The average Bonchev–Trinajstić information content (AvgIpc) is 2.95. The van der Waals surface area contributed by atoms with E-state index >= 15 is 0 Å². The summed E-state index contributed by atoms with van der Waals surface area (Å²) < 4.78 is 16.4. The maximum Gasteiger partial charge on any atom is 0.310 e. The van der Waals surface area contributed by atoms with Crippen LogP contribution in [0.25, 0.3) is 21.7 Å². The third-order valence-electron chi connectivity index (χ3n) is 3.77. The summed E-state index contributed by atoms with van der Waals surface area (Å²) in [5.41, 5.74) is 1.62. The molecule has 0 saturated carbocycles. The lowest BCUT2D eigenvalue weighted by atomic mass is 10.0. The number of carbonyl (C=O) groups excluding carboxylic acids is 1. The van der Waals surface area contributed by atoms with E-state index in [2.05, 4.69) is 15.9 Å². The summed E-state index contributed by atoms with van der Waals surface area (Å²) in [5, 5.41) is 4.00. The Kier molecular flexibility index (Phi) is 5.41. The highest BCUT2D eigenvalue weighted by atomic mass is 79.9. The molecule has 24 heavy (non-hydrogen) atoms. The summed E-state index contributed by atoms with van der Waals surface area (Å²) >= 11 is 3.40. The number of halogens is 1. The number of carbonyl (C=O) groups is 1. The van der Waals surface area contributed by atoms with Crippen LogP contribution in [0.1, 0.15) is 18.9 Å². The van der Waals surface area contributed by atoms with Crippen molar-refractivity contribution in [3.8, 4) is 5.75 Å². The number of fused-ring (bicyclic) bond motifs is 2. The van der Waals surface area contributed by atoms with E-state index in [4.69, 9.17) is 13.9 Å². The number of esters is 1. The minimum absolute atomic E-state index is 0.216. The molecule has 5 heteroatoms. The lowest BCUT2D eigenvalue weighted by molar-refractivity contribution is -0.142. The molecular formula is C19H19BrO4. The fourth-order valence-electron chi connectivity index (χ4n) is 2.64. The molecule has 0 N–H and O–H groups in total. The highest BCUT2D eigenvalue weighted by Gasteiger charge is 2.12. The van der Waals surface area contributed by atoms with Crippen LogP contribution in [0, 0.1) is 0 Å². The summed E-state index contributed by atoms with van der Waals surface area (Å²) in [7, 11) is 0. The fraction of sp³-hybridized carbons (Fsp3) is 0.316. The lowest BCUT2D eigenvalue weighted by Gasteiger charge is -2.07. The van der Waals surface area contributed by atoms with E-state index in [1.54, 1.807) is 13.2 Å². The maximum absolute atomic E-state index is 11.7. The van der Waals surface area contributed by atoms with E-state index in [0.717, 1.165) is 44.8 Å². The maximum atomic E-state index is 11.7. The third-order valence-corrected chi connectivity index (χ3v) is 4.33. The van der Waals surface area contributed by atoms with Crippen LogP contribution in [0.15, 0.2) is 41.0 Å². The average molecular weight is 391 g/mol. The first-order chi connectivity index (χ1) is 11.7. The standard InChI is InChI=1S/C19H19BrO4/c1-2-22-19(21)11-15-12-24-18-10-13-4-5-16(23-7-3-6-20)8-14(13)9-17(15)18/h4-5,8-10,12H,2-3,6-7,11H2,1H3. The number of furan rings is 1. The largest absolute Gasteiger partial charge is 0.494 e. The van der Waals surface area contributed by atoms with Gasteiger partial charge in [-0.25, -0.2) is 0 Å². The molecule has 0 spiro atoms. The van der Waals surface area contributed by atoms with Gasteiger partial charge < -0.3 is 13.9 Å². The van der Waals surface area contributed by atoms with Gasteiger partial charge in [-0.15, -0.1) is 0 Å². The Balaban J connectivity index is 1.91. The second-order valence-electron chi connectivity index (χ2n) is 5.49. The van der Waals surface area contributed by atoms with Crippen molar-refractivity contribution in [3.05, 3.63) is 42.2 Å². The SMILES string of the molecule is CCOC(=O)Cc1coc2cc3ccc(OCCCBr)cc3cc12. The van der Waals surface area contributed by atoms with Gasteiger partial charge in [0.05, 0.1) is 25.9 Å². The van der Waals surface area contributed by atoms with Gasteiger partial charge in [-0.1, -0.05) is 22.0 Å². The summed E-state index contributed by atoms with van der Waals surface area (Å²) in [6.07, 6.45) is 2.81. The van der Waals surface area contributed by atoms with Crippen LogP contribution in [0.2, 0.25) is 0 Å². The molecule has 0 atom stereocenters. The summed E-state index contributed by atoms with van der Waals surface area (Å²) in [4.78, 5) is 11.7. The zero-order valence-corrected chi connectivity index (χ0v) is 15.1. The van der Waals surface area contributed by atoms with Crippen molar-refractivity contribution in [2.45, 2.75) is 19.8 Å². The molecule has 1 aromatic heterocycles. The van der Waals surface area contributed by atoms with Crippen LogP contribution in [0.4, 0.5) is 0 Å². The Hall–Kier alpha value is -2.01. The molecule has 1 heterocycles. The van der Waals surface area contributed by atoms with Crippen molar-refractivity contribution in [1.82, 2.24) is 0 Å². The second kappa shape index (κ2) is 7.71. The highest BCUT2D eigenvalue weighted by Crippen LogP contribution is 2.29. The molecule has 0 saturated heterocycles. The Morgan fingerprint density at radius 2 is 2.08 bits per heavy atom. The van der Waals surface area contributed by atoms with Gasteiger partial charge in [0, 0.05) is 16.3 Å². The Morgan fingerprint density at radius 1 is 1.21 bits per heavy atom. The van der Waals surface area contributed by atoms with Crippen molar-refractivity contribution in [2.75, 3.05) is 18.5 Å². The molecule has 126 valence electrons.